The lowest BCUT2D eigenvalue weighted by Crippen LogP contribution is -2.36. The van der Waals surface area contributed by atoms with E-state index >= 15 is 0 Å². The Bertz CT molecular complexity index is 682. The van der Waals surface area contributed by atoms with Crippen LogP contribution in [-0.2, 0) is 4.74 Å². The van der Waals surface area contributed by atoms with Crippen LogP contribution in [0.3, 0.4) is 0 Å². The van der Waals surface area contributed by atoms with E-state index in [1.54, 1.807) is 12.3 Å². The van der Waals surface area contributed by atoms with Crippen LogP contribution in [0.2, 0.25) is 0 Å². The van der Waals surface area contributed by atoms with Crippen molar-refractivity contribution in [3.8, 4) is 11.5 Å². The summed E-state index contributed by atoms with van der Waals surface area (Å²) in [5.41, 5.74) is 3.36. The molecule has 0 atom stereocenters. The Morgan fingerprint density at radius 2 is 1.78 bits per heavy atom. The third-order valence-corrected chi connectivity index (χ3v) is 3.92. The summed E-state index contributed by atoms with van der Waals surface area (Å²) >= 11 is 0. The van der Waals surface area contributed by atoms with Crippen LogP contribution in [0.4, 0.5) is 11.4 Å². The van der Waals surface area contributed by atoms with Crippen LogP contribution < -0.4 is 4.90 Å². The fourth-order valence-corrected chi connectivity index (χ4v) is 2.64. The van der Waals surface area contributed by atoms with Crippen LogP contribution >= 0.6 is 0 Å². The number of anilines is 1. The van der Waals surface area contributed by atoms with Gasteiger partial charge in [-0.15, -0.1) is 0 Å². The second-order valence-corrected chi connectivity index (χ2v) is 5.57. The fraction of sp³-hybridized carbons (Fsp3) is 0.278. The molecule has 23 heavy (non-hydrogen) atoms. The number of ether oxygens (including phenoxy) is 1. The zero-order valence-electron chi connectivity index (χ0n) is 13.1. The molecule has 0 aliphatic carbocycles. The van der Waals surface area contributed by atoms with E-state index in [2.05, 4.69) is 9.89 Å². The summed E-state index contributed by atoms with van der Waals surface area (Å²) in [7, 11) is 0. The molecule has 2 aromatic rings. The SMILES string of the molecule is Cc1cc(O)cc(O)c1C=Nc1ccc(N2CCOCC2)cc1. The van der Waals surface area contributed by atoms with Gasteiger partial charge in [-0.05, 0) is 42.8 Å². The number of nitrogens with zero attached hydrogens (tertiary/aromatic N) is 2. The van der Waals surface area contributed by atoms with E-state index in [4.69, 9.17) is 4.74 Å². The minimum Gasteiger partial charge on any atom is -0.508 e. The molecular weight excluding hydrogens is 292 g/mol. The van der Waals surface area contributed by atoms with E-state index < -0.39 is 0 Å². The zero-order valence-corrected chi connectivity index (χ0v) is 13.1. The van der Waals surface area contributed by atoms with Gasteiger partial charge in [0.25, 0.3) is 0 Å². The second kappa shape index (κ2) is 6.71. The molecule has 0 radical (unpaired) electrons. The predicted octanol–water partition coefficient (Wildman–Crippen LogP) is 2.99. The van der Waals surface area contributed by atoms with E-state index in [9.17, 15) is 10.2 Å². The van der Waals surface area contributed by atoms with Gasteiger partial charge in [0, 0.05) is 36.6 Å². The van der Waals surface area contributed by atoms with E-state index in [1.807, 2.05) is 31.2 Å². The number of aromatic hydroxyl groups is 2. The summed E-state index contributed by atoms with van der Waals surface area (Å²) < 4.78 is 5.36. The van der Waals surface area contributed by atoms with E-state index in [-0.39, 0.29) is 11.5 Å². The molecule has 1 aliphatic rings. The molecule has 3 rings (SSSR count). The van der Waals surface area contributed by atoms with Crippen LogP contribution in [0, 0.1) is 6.92 Å². The number of hydrogen-bond acceptors (Lipinski definition) is 5. The van der Waals surface area contributed by atoms with Crippen molar-refractivity contribution in [3.63, 3.8) is 0 Å². The molecule has 0 bridgehead atoms. The molecule has 5 heteroatoms. The van der Waals surface area contributed by atoms with Crippen molar-refractivity contribution in [1.82, 2.24) is 0 Å². The van der Waals surface area contributed by atoms with Gasteiger partial charge in [-0.2, -0.15) is 0 Å². The van der Waals surface area contributed by atoms with Crippen LogP contribution in [0.15, 0.2) is 41.4 Å². The fourth-order valence-electron chi connectivity index (χ4n) is 2.64. The van der Waals surface area contributed by atoms with Gasteiger partial charge in [0.1, 0.15) is 11.5 Å². The molecule has 0 spiro atoms. The number of hydrogen-bond donors (Lipinski definition) is 2. The highest BCUT2D eigenvalue weighted by atomic mass is 16.5. The van der Waals surface area contributed by atoms with Crippen molar-refractivity contribution in [2.75, 3.05) is 31.2 Å². The second-order valence-electron chi connectivity index (χ2n) is 5.57. The molecule has 0 saturated carbocycles. The summed E-state index contributed by atoms with van der Waals surface area (Å²) in [6, 6.07) is 10.9. The summed E-state index contributed by atoms with van der Waals surface area (Å²) in [5.74, 6) is 0.0724. The van der Waals surface area contributed by atoms with Crippen LogP contribution in [0.25, 0.3) is 0 Å². The van der Waals surface area contributed by atoms with Crippen molar-refractivity contribution in [2.45, 2.75) is 6.92 Å². The number of phenolic OH excluding ortho intramolecular Hbond substituents is 2. The first-order valence-corrected chi connectivity index (χ1v) is 7.63. The van der Waals surface area contributed by atoms with Gasteiger partial charge < -0.3 is 19.8 Å². The number of aliphatic imine (C=N–C) groups is 1. The maximum atomic E-state index is 9.89. The molecule has 1 fully saturated rings. The van der Waals surface area contributed by atoms with Gasteiger partial charge in [-0.1, -0.05) is 0 Å². The normalized spacial score (nSPS) is 15.3. The Morgan fingerprint density at radius 1 is 1.09 bits per heavy atom. The Hall–Kier alpha value is -2.53. The number of phenols is 2. The highest BCUT2D eigenvalue weighted by Gasteiger charge is 2.10. The van der Waals surface area contributed by atoms with Crippen LogP contribution in [-0.4, -0.2) is 42.7 Å². The first-order valence-electron chi connectivity index (χ1n) is 7.63. The van der Waals surface area contributed by atoms with Gasteiger partial charge in [0.2, 0.25) is 0 Å². The molecule has 1 saturated heterocycles. The van der Waals surface area contributed by atoms with Gasteiger partial charge in [0.05, 0.1) is 18.9 Å². The third kappa shape index (κ3) is 3.63. The smallest absolute Gasteiger partial charge is 0.128 e. The largest absolute Gasteiger partial charge is 0.508 e. The minimum atomic E-state index is 0.0242. The quantitative estimate of drug-likeness (QED) is 0.855. The monoisotopic (exact) mass is 312 g/mol. The van der Waals surface area contributed by atoms with Crippen molar-refractivity contribution < 1.29 is 14.9 Å². The lowest BCUT2D eigenvalue weighted by atomic mass is 10.1. The molecule has 0 unspecified atom stereocenters. The van der Waals surface area contributed by atoms with Crippen molar-refractivity contribution in [2.24, 2.45) is 4.99 Å². The predicted molar refractivity (Wildman–Crippen MR) is 91.2 cm³/mol. The molecular formula is C18H20N2O3. The summed E-state index contributed by atoms with van der Waals surface area (Å²) in [6.45, 7) is 5.16. The topological polar surface area (TPSA) is 65.3 Å². The maximum absolute atomic E-state index is 9.89. The highest BCUT2D eigenvalue weighted by molar-refractivity contribution is 5.87. The molecule has 1 aliphatic heterocycles. The molecule has 2 N–H and O–H groups in total. The average molecular weight is 312 g/mol. The molecule has 120 valence electrons. The van der Waals surface area contributed by atoms with E-state index in [1.165, 1.54) is 6.07 Å². The van der Waals surface area contributed by atoms with Crippen LogP contribution in [0.1, 0.15) is 11.1 Å². The molecule has 0 aromatic heterocycles. The van der Waals surface area contributed by atoms with Gasteiger partial charge >= 0.3 is 0 Å². The molecule has 1 heterocycles. The number of morpholine rings is 1. The third-order valence-electron chi connectivity index (χ3n) is 3.92. The number of rotatable bonds is 3. The van der Waals surface area contributed by atoms with E-state index in [0.717, 1.165) is 43.2 Å². The zero-order chi connectivity index (χ0) is 16.2. The van der Waals surface area contributed by atoms with Gasteiger partial charge in [-0.25, -0.2) is 0 Å². The van der Waals surface area contributed by atoms with Gasteiger partial charge in [-0.3, -0.25) is 4.99 Å². The van der Waals surface area contributed by atoms with Crippen molar-refractivity contribution in [3.05, 3.63) is 47.5 Å². The Balaban J connectivity index is 1.75. The standard InChI is InChI=1S/C18H20N2O3/c1-13-10-16(21)11-18(22)17(13)12-19-14-2-4-15(5-3-14)20-6-8-23-9-7-20/h2-5,10-12,21-22H,6-9H2,1H3. The Labute approximate surface area is 135 Å². The van der Waals surface area contributed by atoms with Crippen LogP contribution in [0.5, 0.6) is 11.5 Å². The Kier molecular flexibility index (Phi) is 4.48. The van der Waals surface area contributed by atoms with Gasteiger partial charge in [0.15, 0.2) is 0 Å². The molecule has 0 amide bonds. The molecule has 5 nitrogen and oxygen atoms in total. The molecule has 2 aromatic carbocycles. The lowest BCUT2D eigenvalue weighted by Gasteiger charge is -2.28. The summed E-state index contributed by atoms with van der Waals surface area (Å²) in [5, 5.41) is 19.3. The van der Waals surface area contributed by atoms with E-state index in [0.29, 0.717) is 5.56 Å². The maximum Gasteiger partial charge on any atom is 0.128 e. The highest BCUT2D eigenvalue weighted by Crippen LogP contribution is 2.26. The average Bonchev–Trinajstić information content (AvgIpc) is 2.55. The summed E-state index contributed by atoms with van der Waals surface area (Å²) in [4.78, 5) is 6.69. The first-order chi connectivity index (χ1) is 11.1. The summed E-state index contributed by atoms with van der Waals surface area (Å²) in [6.07, 6.45) is 1.62. The van der Waals surface area contributed by atoms with Crippen molar-refractivity contribution >= 4 is 17.6 Å². The van der Waals surface area contributed by atoms with Crippen molar-refractivity contribution in [1.29, 1.82) is 0 Å². The number of benzene rings is 2. The number of aryl methyl sites for hydroxylation is 1. The first kappa shape index (κ1) is 15.4. The minimum absolute atomic E-state index is 0.0242. The Morgan fingerprint density at radius 3 is 2.43 bits per heavy atom. The lowest BCUT2D eigenvalue weighted by molar-refractivity contribution is 0.122.